The van der Waals surface area contributed by atoms with Crippen molar-refractivity contribution in [1.82, 2.24) is 9.97 Å². The average molecular weight is 246 g/mol. The normalized spacial score (nSPS) is 19.2. The number of nitrogens with two attached hydrogens (primary N) is 2. The van der Waals surface area contributed by atoms with E-state index in [0.29, 0.717) is 23.9 Å². The van der Waals surface area contributed by atoms with Gasteiger partial charge in [-0.1, -0.05) is 0 Å². The molecule has 94 valence electrons. The summed E-state index contributed by atoms with van der Waals surface area (Å²) in [5.41, 5.74) is 13.0. The Kier molecular flexibility index (Phi) is 2.64. The third kappa shape index (κ3) is 1.91. The van der Waals surface area contributed by atoms with Crippen LogP contribution in [0.4, 0.5) is 11.5 Å². The first-order valence-electron chi connectivity index (χ1n) is 5.78. The largest absolute Gasteiger partial charge is 0.486 e. The lowest BCUT2D eigenvalue weighted by Gasteiger charge is -2.14. The molecule has 3 rings (SSSR count). The Labute approximate surface area is 104 Å². The van der Waals surface area contributed by atoms with Crippen LogP contribution >= 0.6 is 0 Å². The molecule has 1 aliphatic rings. The molecule has 1 atom stereocenters. The molecule has 1 saturated heterocycles. The maximum absolute atomic E-state index is 5.96. The van der Waals surface area contributed by atoms with Crippen molar-refractivity contribution in [2.24, 2.45) is 0 Å². The first kappa shape index (κ1) is 11.0. The van der Waals surface area contributed by atoms with Crippen LogP contribution in [0.2, 0.25) is 0 Å². The number of benzene rings is 1. The minimum atomic E-state index is 0.0592. The van der Waals surface area contributed by atoms with Gasteiger partial charge in [-0.15, -0.1) is 0 Å². The zero-order valence-corrected chi connectivity index (χ0v) is 9.80. The van der Waals surface area contributed by atoms with Gasteiger partial charge in [0.15, 0.2) is 0 Å². The van der Waals surface area contributed by atoms with E-state index in [-0.39, 0.29) is 6.10 Å². The molecule has 1 aromatic carbocycles. The predicted octanol–water partition coefficient (Wildman–Crippen LogP) is 0.962. The Balaban J connectivity index is 1.99. The Hall–Kier alpha value is -2.08. The highest BCUT2D eigenvalue weighted by Gasteiger charge is 2.18. The Morgan fingerprint density at radius 2 is 2.17 bits per heavy atom. The standard InChI is InChI=1S/C12H14N4O2/c13-9-3-8-10(15-6-16-12(8)14)4-11(9)18-7-1-2-17-5-7/h3-4,6-7H,1-2,5,13H2,(H2,14,15,16)/t7-/m0/s1. The molecule has 6 heteroatoms. The Bertz CT molecular complexity index is 582. The minimum Gasteiger partial charge on any atom is -0.486 e. The van der Waals surface area contributed by atoms with E-state index in [2.05, 4.69) is 9.97 Å². The summed E-state index contributed by atoms with van der Waals surface area (Å²) in [7, 11) is 0. The molecule has 4 N–H and O–H groups in total. The molecule has 18 heavy (non-hydrogen) atoms. The monoisotopic (exact) mass is 246 g/mol. The van der Waals surface area contributed by atoms with Gasteiger partial charge in [0.2, 0.25) is 0 Å². The van der Waals surface area contributed by atoms with E-state index in [0.717, 1.165) is 23.9 Å². The van der Waals surface area contributed by atoms with Crippen molar-refractivity contribution in [3.8, 4) is 5.75 Å². The van der Waals surface area contributed by atoms with E-state index >= 15 is 0 Å². The molecule has 0 bridgehead atoms. The number of anilines is 2. The molecule has 0 spiro atoms. The molecular weight excluding hydrogens is 232 g/mol. The topological polar surface area (TPSA) is 96.3 Å². The molecule has 2 heterocycles. The van der Waals surface area contributed by atoms with Gasteiger partial charge in [-0.05, 0) is 6.07 Å². The quantitative estimate of drug-likeness (QED) is 0.766. The molecule has 1 fully saturated rings. The summed E-state index contributed by atoms with van der Waals surface area (Å²) in [5.74, 6) is 1.04. The molecule has 1 aliphatic heterocycles. The van der Waals surface area contributed by atoms with Crippen LogP contribution in [-0.2, 0) is 4.74 Å². The van der Waals surface area contributed by atoms with Crippen molar-refractivity contribution in [3.05, 3.63) is 18.5 Å². The summed E-state index contributed by atoms with van der Waals surface area (Å²) in [5, 5.41) is 0.741. The van der Waals surface area contributed by atoms with Crippen molar-refractivity contribution >= 4 is 22.4 Å². The van der Waals surface area contributed by atoms with Crippen LogP contribution in [0.25, 0.3) is 10.9 Å². The minimum absolute atomic E-state index is 0.0592. The molecule has 2 aromatic rings. The summed E-state index contributed by atoms with van der Waals surface area (Å²) < 4.78 is 11.1. The number of nitrogen functional groups attached to an aromatic ring is 2. The maximum atomic E-state index is 5.96. The molecule has 1 aromatic heterocycles. The van der Waals surface area contributed by atoms with E-state index in [1.54, 1.807) is 12.1 Å². The van der Waals surface area contributed by atoms with Crippen LogP contribution in [0.1, 0.15) is 6.42 Å². The summed E-state index contributed by atoms with van der Waals surface area (Å²) in [6.45, 7) is 1.33. The first-order valence-corrected chi connectivity index (χ1v) is 5.78. The van der Waals surface area contributed by atoms with Crippen LogP contribution < -0.4 is 16.2 Å². The van der Waals surface area contributed by atoms with Crippen molar-refractivity contribution < 1.29 is 9.47 Å². The SMILES string of the molecule is Nc1cc2c(N)ncnc2cc1O[C@H]1CCOC1. The lowest BCUT2D eigenvalue weighted by Crippen LogP contribution is -2.16. The highest BCUT2D eigenvalue weighted by molar-refractivity contribution is 5.92. The molecule has 0 saturated carbocycles. The second-order valence-electron chi connectivity index (χ2n) is 4.27. The fourth-order valence-electron chi connectivity index (χ4n) is 2.01. The lowest BCUT2D eigenvalue weighted by molar-refractivity contribution is 0.142. The van der Waals surface area contributed by atoms with Crippen molar-refractivity contribution in [1.29, 1.82) is 0 Å². The van der Waals surface area contributed by atoms with Gasteiger partial charge in [0.05, 0.1) is 24.4 Å². The van der Waals surface area contributed by atoms with Crippen LogP contribution in [0.15, 0.2) is 18.5 Å². The zero-order chi connectivity index (χ0) is 12.5. The molecule has 0 radical (unpaired) electrons. The number of hydrogen-bond donors (Lipinski definition) is 2. The maximum Gasteiger partial charge on any atom is 0.144 e. The average Bonchev–Trinajstić information content (AvgIpc) is 2.84. The van der Waals surface area contributed by atoms with Gasteiger partial charge < -0.3 is 20.9 Å². The first-order chi connectivity index (χ1) is 8.74. The summed E-state index contributed by atoms with van der Waals surface area (Å²) >= 11 is 0. The second kappa shape index (κ2) is 4.30. The van der Waals surface area contributed by atoms with Crippen LogP contribution in [0.5, 0.6) is 5.75 Å². The molecule has 0 unspecified atom stereocenters. The van der Waals surface area contributed by atoms with Gasteiger partial charge in [0, 0.05) is 17.9 Å². The Morgan fingerprint density at radius 1 is 1.28 bits per heavy atom. The summed E-state index contributed by atoms with van der Waals surface area (Å²) in [6, 6.07) is 3.54. The Morgan fingerprint density at radius 3 is 2.94 bits per heavy atom. The lowest BCUT2D eigenvalue weighted by atomic mass is 10.2. The van der Waals surface area contributed by atoms with Gasteiger partial charge in [-0.2, -0.15) is 0 Å². The van der Waals surface area contributed by atoms with Gasteiger partial charge in [-0.3, -0.25) is 0 Å². The number of aromatic nitrogens is 2. The number of rotatable bonds is 2. The van der Waals surface area contributed by atoms with E-state index in [1.807, 2.05) is 0 Å². The second-order valence-corrected chi connectivity index (χ2v) is 4.27. The smallest absolute Gasteiger partial charge is 0.144 e. The molecule has 6 nitrogen and oxygen atoms in total. The van der Waals surface area contributed by atoms with Gasteiger partial charge in [-0.25, -0.2) is 9.97 Å². The highest BCUT2D eigenvalue weighted by atomic mass is 16.5. The molecule has 0 aliphatic carbocycles. The van der Waals surface area contributed by atoms with Crippen molar-refractivity contribution in [2.45, 2.75) is 12.5 Å². The summed E-state index contributed by atoms with van der Waals surface area (Å²) in [6.07, 6.45) is 2.36. The van der Waals surface area contributed by atoms with Gasteiger partial charge >= 0.3 is 0 Å². The van der Waals surface area contributed by atoms with E-state index < -0.39 is 0 Å². The van der Waals surface area contributed by atoms with E-state index in [1.165, 1.54) is 6.33 Å². The zero-order valence-electron chi connectivity index (χ0n) is 9.80. The van der Waals surface area contributed by atoms with E-state index in [4.69, 9.17) is 20.9 Å². The fourth-order valence-corrected chi connectivity index (χ4v) is 2.01. The van der Waals surface area contributed by atoms with Crippen molar-refractivity contribution in [2.75, 3.05) is 24.7 Å². The summed E-state index contributed by atoms with van der Waals surface area (Å²) in [4.78, 5) is 8.09. The van der Waals surface area contributed by atoms with Gasteiger partial charge in [0.25, 0.3) is 0 Å². The van der Waals surface area contributed by atoms with Crippen LogP contribution in [0.3, 0.4) is 0 Å². The number of fused-ring (bicyclic) bond motifs is 1. The third-order valence-electron chi connectivity index (χ3n) is 2.98. The molecular formula is C12H14N4O2. The fraction of sp³-hybridized carbons (Fsp3) is 0.333. The van der Waals surface area contributed by atoms with Crippen LogP contribution in [-0.4, -0.2) is 29.3 Å². The predicted molar refractivity (Wildman–Crippen MR) is 68.2 cm³/mol. The third-order valence-corrected chi connectivity index (χ3v) is 2.98. The number of hydrogen-bond acceptors (Lipinski definition) is 6. The van der Waals surface area contributed by atoms with Crippen LogP contribution in [0, 0.1) is 0 Å². The molecule has 0 amide bonds. The van der Waals surface area contributed by atoms with Gasteiger partial charge in [0.1, 0.15) is 24.0 Å². The van der Waals surface area contributed by atoms with E-state index in [9.17, 15) is 0 Å². The number of nitrogens with zero attached hydrogens (tertiary/aromatic N) is 2. The highest BCUT2D eigenvalue weighted by Crippen LogP contribution is 2.30. The number of ether oxygens (including phenoxy) is 2. The van der Waals surface area contributed by atoms with Crippen molar-refractivity contribution in [3.63, 3.8) is 0 Å².